The number of aliphatic carboxylic acids is 1. The maximum atomic E-state index is 12.1. The molecule has 0 aromatic heterocycles. The second kappa shape index (κ2) is 6.58. The molecule has 0 aromatic rings. The Balaban J connectivity index is 2.40. The molecule has 1 rings (SSSR count). The molecule has 2 unspecified atom stereocenters. The average Bonchev–Trinajstić information content (AvgIpc) is 2.72. The number of carbonyl (C=O) groups is 2. The van der Waals surface area contributed by atoms with Crippen LogP contribution in [0.25, 0.3) is 0 Å². The van der Waals surface area contributed by atoms with Crippen LogP contribution in [-0.2, 0) is 9.53 Å². The highest BCUT2D eigenvalue weighted by Gasteiger charge is 2.31. The van der Waals surface area contributed by atoms with Gasteiger partial charge in [-0.3, -0.25) is 4.79 Å². The molecule has 6 nitrogen and oxygen atoms in total. The van der Waals surface area contributed by atoms with Crippen molar-refractivity contribution in [3.05, 3.63) is 0 Å². The number of nitrogens with zero attached hydrogens (tertiary/aromatic N) is 2. The highest BCUT2D eigenvalue weighted by molar-refractivity contribution is 5.74. The molecule has 0 bridgehead atoms. The Morgan fingerprint density at radius 1 is 1.39 bits per heavy atom. The zero-order chi connectivity index (χ0) is 13.7. The minimum Gasteiger partial charge on any atom is -0.481 e. The molecule has 0 saturated carbocycles. The summed E-state index contributed by atoms with van der Waals surface area (Å²) in [4.78, 5) is 25.8. The van der Waals surface area contributed by atoms with Crippen LogP contribution in [0.4, 0.5) is 4.79 Å². The van der Waals surface area contributed by atoms with Crippen LogP contribution < -0.4 is 0 Å². The van der Waals surface area contributed by atoms with Crippen LogP contribution in [0.2, 0.25) is 0 Å². The van der Waals surface area contributed by atoms with Gasteiger partial charge in [-0.2, -0.15) is 0 Å². The lowest BCUT2D eigenvalue weighted by atomic mass is 10.1. The van der Waals surface area contributed by atoms with Gasteiger partial charge in [-0.25, -0.2) is 4.79 Å². The second-order valence-corrected chi connectivity index (χ2v) is 4.74. The van der Waals surface area contributed by atoms with Crippen LogP contribution in [0.5, 0.6) is 0 Å². The minimum atomic E-state index is -0.831. The molecular weight excluding hydrogens is 236 g/mol. The lowest BCUT2D eigenvalue weighted by Gasteiger charge is -2.30. The summed E-state index contributed by atoms with van der Waals surface area (Å²) in [5, 5.41) is 8.55. The maximum Gasteiger partial charge on any atom is 0.319 e. The zero-order valence-electron chi connectivity index (χ0n) is 11.3. The predicted octanol–water partition coefficient (Wildman–Crippen LogP) is 1.01. The number of carboxylic acid groups (broad SMARTS) is 1. The number of amides is 2. The van der Waals surface area contributed by atoms with E-state index in [1.54, 1.807) is 23.9 Å². The molecule has 1 N–H and O–H groups in total. The van der Waals surface area contributed by atoms with Crippen molar-refractivity contribution < 1.29 is 19.4 Å². The fourth-order valence-corrected chi connectivity index (χ4v) is 2.20. The monoisotopic (exact) mass is 258 g/mol. The number of rotatable bonds is 5. The molecule has 0 radical (unpaired) electrons. The largest absolute Gasteiger partial charge is 0.481 e. The van der Waals surface area contributed by atoms with Crippen molar-refractivity contribution in [3.8, 4) is 0 Å². The van der Waals surface area contributed by atoms with Crippen molar-refractivity contribution >= 4 is 12.0 Å². The highest BCUT2D eigenvalue weighted by Crippen LogP contribution is 2.19. The van der Waals surface area contributed by atoms with Crippen molar-refractivity contribution in [2.24, 2.45) is 0 Å². The van der Waals surface area contributed by atoms with Gasteiger partial charge in [0.05, 0.1) is 12.1 Å². The van der Waals surface area contributed by atoms with Crippen LogP contribution in [0.1, 0.15) is 26.2 Å². The minimum absolute atomic E-state index is 0.0615. The van der Waals surface area contributed by atoms with Gasteiger partial charge < -0.3 is 19.6 Å². The number of urea groups is 1. The van der Waals surface area contributed by atoms with E-state index in [1.165, 1.54) is 0 Å². The Kier molecular flexibility index (Phi) is 5.40. The number of carboxylic acids is 1. The third-order valence-corrected chi connectivity index (χ3v) is 3.35. The molecule has 1 aliphatic rings. The molecule has 104 valence electrons. The van der Waals surface area contributed by atoms with Gasteiger partial charge in [0.25, 0.3) is 0 Å². The summed E-state index contributed by atoms with van der Waals surface area (Å²) in [5.41, 5.74) is 0. The molecule has 1 fully saturated rings. The Hall–Kier alpha value is -1.30. The lowest BCUT2D eigenvalue weighted by Crippen LogP contribution is -2.47. The van der Waals surface area contributed by atoms with Crippen molar-refractivity contribution in [1.82, 2.24) is 9.80 Å². The molecule has 6 heteroatoms. The smallest absolute Gasteiger partial charge is 0.319 e. The Morgan fingerprint density at radius 2 is 2.06 bits per heavy atom. The summed E-state index contributed by atoms with van der Waals surface area (Å²) in [6, 6.07) is 0.0298. The first kappa shape index (κ1) is 14.8. The first-order valence-electron chi connectivity index (χ1n) is 6.24. The van der Waals surface area contributed by atoms with Gasteiger partial charge in [-0.1, -0.05) is 0 Å². The van der Waals surface area contributed by atoms with Crippen LogP contribution in [0.3, 0.4) is 0 Å². The Labute approximate surface area is 107 Å². The van der Waals surface area contributed by atoms with E-state index >= 15 is 0 Å². The molecule has 1 aliphatic heterocycles. The first-order valence-corrected chi connectivity index (χ1v) is 6.24. The molecule has 1 saturated heterocycles. The lowest BCUT2D eigenvalue weighted by molar-refractivity contribution is -0.137. The van der Waals surface area contributed by atoms with Gasteiger partial charge in [0.15, 0.2) is 0 Å². The summed E-state index contributed by atoms with van der Waals surface area (Å²) >= 11 is 0. The van der Waals surface area contributed by atoms with Crippen LogP contribution in [0.15, 0.2) is 0 Å². The molecular formula is C12H22N2O4. The second-order valence-electron chi connectivity index (χ2n) is 4.74. The summed E-state index contributed by atoms with van der Waals surface area (Å²) in [5.74, 6) is -0.831. The van der Waals surface area contributed by atoms with Gasteiger partial charge in [-0.05, 0) is 19.8 Å². The van der Waals surface area contributed by atoms with Crippen molar-refractivity contribution in [3.63, 3.8) is 0 Å². The maximum absolute atomic E-state index is 12.1. The summed E-state index contributed by atoms with van der Waals surface area (Å²) in [7, 11) is 3.47. The molecule has 0 spiro atoms. The highest BCUT2D eigenvalue weighted by atomic mass is 16.5. The van der Waals surface area contributed by atoms with Crippen LogP contribution in [-0.4, -0.2) is 66.3 Å². The van der Waals surface area contributed by atoms with E-state index in [2.05, 4.69) is 0 Å². The molecule has 0 aromatic carbocycles. The fourth-order valence-electron chi connectivity index (χ4n) is 2.20. The molecule has 1 heterocycles. The number of hydrogen-bond donors (Lipinski definition) is 1. The van der Waals surface area contributed by atoms with E-state index in [1.807, 2.05) is 6.92 Å². The number of ether oxygens (including phenoxy) is 1. The van der Waals surface area contributed by atoms with Crippen LogP contribution in [0, 0.1) is 0 Å². The van der Waals surface area contributed by atoms with Gasteiger partial charge in [-0.15, -0.1) is 0 Å². The zero-order valence-corrected chi connectivity index (χ0v) is 11.3. The van der Waals surface area contributed by atoms with E-state index in [9.17, 15) is 9.59 Å². The van der Waals surface area contributed by atoms with Gasteiger partial charge in [0.2, 0.25) is 0 Å². The van der Waals surface area contributed by atoms with Gasteiger partial charge in [0, 0.05) is 33.7 Å². The standard InChI is InChI=1S/C12H22N2O4/c1-9-10(6-8-18-9)14(3)12(17)13(2)7-4-5-11(15)16/h9-10H,4-8H2,1-3H3,(H,15,16). The molecule has 18 heavy (non-hydrogen) atoms. The average molecular weight is 258 g/mol. The number of likely N-dealkylation sites (N-methyl/N-ethyl adjacent to an activating group) is 1. The van der Waals surface area contributed by atoms with E-state index in [0.717, 1.165) is 6.42 Å². The SMILES string of the molecule is CC1OCCC1N(C)C(=O)N(C)CCCC(=O)O. The predicted molar refractivity (Wildman–Crippen MR) is 66.5 cm³/mol. The van der Waals surface area contributed by atoms with E-state index in [-0.39, 0.29) is 24.6 Å². The van der Waals surface area contributed by atoms with Gasteiger partial charge in [0.1, 0.15) is 0 Å². The van der Waals surface area contributed by atoms with Crippen molar-refractivity contribution in [2.75, 3.05) is 27.2 Å². The summed E-state index contributed by atoms with van der Waals surface area (Å²) < 4.78 is 5.44. The summed E-state index contributed by atoms with van der Waals surface area (Å²) in [6.45, 7) is 3.11. The summed E-state index contributed by atoms with van der Waals surface area (Å²) in [6.07, 6.45) is 1.48. The van der Waals surface area contributed by atoms with Crippen molar-refractivity contribution in [2.45, 2.75) is 38.3 Å². The van der Waals surface area contributed by atoms with E-state index in [4.69, 9.17) is 9.84 Å². The first-order chi connectivity index (χ1) is 8.43. The third kappa shape index (κ3) is 3.87. The van der Waals surface area contributed by atoms with E-state index in [0.29, 0.717) is 19.6 Å². The number of carbonyl (C=O) groups excluding carboxylic acids is 1. The quantitative estimate of drug-likeness (QED) is 0.799. The Morgan fingerprint density at radius 3 is 2.56 bits per heavy atom. The normalized spacial score (nSPS) is 22.8. The van der Waals surface area contributed by atoms with Crippen molar-refractivity contribution in [1.29, 1.82) is 0 Å². The van der Waals surface area contributed by atoms with E-state index < -0.39 is 5.97 Å². The Bertz CT molecular complexity index is 308. The third-order valence-electron chi connectivity index (χ3n) is 3.35. The van der Waals surface area contributed by atoms with Gasteiger partial charge >= 0.3 is 12.0 Å². The van der Waals surface area contributed by atoms with Crippen LogP contribution >= 0.6 is 0 Å². The molecule has 2 amide bonds. The topological polar surface area (TPSA) is 70.1 Å². The fraction of sp³-hybridized carbons (Fsp3) is 0.833. The molecule has 2 atom stereocenters. The number of hydrogen-bond acceptors (Lipinski definition) is 3. The molecule has 0 aliphatic carbocycles.